The summed E-state index contributed by atoms with van der Waals surface area (Å²) in [6.07, 6.45) is 2.94. The summed E-state index contributed by atoms with van der Waals surface area (Å²) in [6, 6.07) is 6.49. The van der Waals surface area contributed by atoms with Crippen molar-refractivity contribution >= 4 is 34.8 Å². The molecule has 0 spiro atoms. The summed E-state index contributed by atoms with van der Waals surface area (Å²) in [5, 5.41) is 12.0. The Balaban J connectivity index is 2.31. The second kappa shape index (κ2) is 7.09. The van der Waals surface area contributed by atoms with Crippen LogP contribution in [0.5, 0.6) is 0 Å². The highest BCUT2D eigenvalue weighted by Gasteiger charge is 2.13. The Morgan fingerprint density at radius 3 is 2.90 bits per heavy atom. The quantitative estimate of drug-likeness (QED) is 0.836. The number of carbonyl (C=O) groups excluding carboxylic acids is 1. The van der Waals surface area contributed by atoms with Gasteiger partial charge in [-0.2, -0.15) is 0 Å². The van der Waals surface area contributed by atoms with Gasteiger partial charge in [-0.05, 0) is 18.2 Å². The molecule has 106 valence electrons. The van der Waals surface area contributed by atoms with Crippen LogP contribution in [0.4, 0.5) is 5.69 Å². The van der Waals surface area contributed by atoms with E-state index in [1.807, 2.05) is 0 Å². The van der Waals surface area contributed by atoms with Crippen LogP contribution in [0.15, 0.2) is 36.7 Å². The predicted molar refractivity (Wildman–Crippen MR) is 82.6 cm³/mol. The van der Waals surface area contributed by atoms with Crippen LogP contribution in [0.25, 0.3) is 0 Å². The molecular formula is C15H10Cl2N2O2. The number of nitrogens with zero attached hydrogens (tertiary/aromatic N) is 1. The minimum atomic E-state index is -0.385. The maximum Gasteiger partial charge on any atom is 0.257 e. The third-order valence-electron chi connectivity index (χ3n) is 2.57. The van der Waals surface area contributed by atoms with Crippen LogP contribution in [0.2, 0.25) is 10.0 Å². The zero-order valence-electron chi connectivity index (χ0n) is 10.7. The van der Waals surface area contributed by atoms with E-state index >= 15 is 0 Å². The van der Waals surface area contributed by atoms with Crippen molar-refractivity contribution in [2.75, 3.05) is 11.9 Å². The number of hydrogen-bond donors (Lipinski definition) is 2. The van der Waals surface area contributed by atoms with Gasteiger partial charge in [0.1, 0.15) is 6.61 Å². The standard InChI is InChI=1S/C15H10Cl2N2O2/c16-12-4-1-5-13(14(12)17)19-15(21)11-6-7-18-9-10(11)3-2-8-20/h1,4-7,9,20H,8H2,(H,19,21). The first kappa shape index (κ1) is 15.3. The van der Waals surface area contributed by atoms with E-state index in [0.717, 1.165) is 0 Å². The molecule has 0 saturated heterocycles. The first-order valence-corrected chi connectivity index (χ1v) is 6.68. The number of nitrogens with one attached hydrogen (secondary N) is 1. The summed E-state index contributed by atoms with van der Waals surface area (Å²) in [7, 11) is 0. The minimum Gasteiger partial charge on any atom is -0.384 e. The molecule has 21 heavy (non-hydrogen) atoms. The summed E-state index contributed by atoms with van der Waals surface area (Å²) >= 11 is 11.9. The monoisotopic (exact) mass is 320 g/mol. The van der Waals surface area contributed by atoms with Gasteiger partial charge in [-0.15, -0.1) is 0 Å². The molecule has 0 aliphatic rings. The number of halogens is 2. The molecule has 6 heteroatoms. The van der Waals surface area contributed by atoms with Gasteiger partial charge in [-0.3, -0.25) is 9.78 Å². The van der Waals surface area contributed by atoms with Gasteiger partial charge >= 0.3 is 0 Å². The summed E-state index contributed by atoms with van der Waals surface area (Å²) in [5.74, 6) is 4.77. The number of aromatic nitrogens is 1. The third kappa shape index (κ3) is 3.73. The molecule has 1 aromatic carbocycles. The average Bonchev–Trinajstić information content (AvgIpc) is 2.50. The van der Waals surface area contributed by atoms with Crippen LogP contribution in [0, 0.1) is 11.8 Å². The SMILES string of the molecule is O=C(Nc1cccc(Cl)c1Cl)c1ccncc1C#CCO. The van der Waals surface area contributed by atoms with E-state index in [4.69, 9.17) is 28.3 Å². The van der Waals surface area contributed by atoms with Crippen molar-refractivity contribution in [2.45, 2.75) is 0 Å². The minimum absolute atomic E-state index is 0.268. The normalized spacial score (nSPS) is 9.67. The maximum absolute atomic E-state index is 12.3. The molecule has 0 aliphatic carbocycles. The summed E-state index contributed by atoms with van der Waals surface area (Å²) in [5.41, 5.74) is 1.16. The highest BCUT2D eigenvalue weighted by atomic mass is 35.5. The molecule has 0 unspecified atom stereocenters. The molecule has 0 radical (unpaired) electrons. The Morgan fingerprint density at radius 2 is 2.14 bits per heavy atom. The lowest BCUT2D eigenvalue weighted by Crippen LogP contribution is -2.14. The van der Waals surface area contributed by atoms with Crippen molar-refractivity contribution in [3.05, 3.63) is 57.8 Å². The zero-order valence-corrected chi connectivity index (χ0v) is 12.2. The number of carbonyl (C=O) groups is 1. The van der Waals surface area contributed by atoms with Gasteiger partial charge < -0.3 is 10.4 Å². The van der Waals surface area contributed by atoms with Gasteiger partial charge in [0.25, 0.3) is 5.91 Å². The second-order valence-corrected chi connectivity index (χ2v) is 4.72. The molecule has 0 atom stereocenters. The fourth-order valence-electron chi connectivity index (χ4n) is 1.62. The van der Waals surface area contributed by atoms with Crippen LogP contribution in [-0.4, -0.2) is 22.6 Å². The van der Waals surface area contributed by atoms with Crippen LogP contribution >= 0.6 is 23.2 Å². The lowest BCUT2D eigenvalue weighted by molar-refractivity contribution is 0.102. The summed E-state index contributed by atoms with van der Waals surface area (Å²) < 4.78 is 0. The van der Waals surface area contributed by atoms with E-state index in [1.165, 1.54) is 18.5 Å². The number of rotatable bonds is 2. The number of anilines is 1. The fourth-order valence-corrected chi connectivity index (χ4v) is 1.96. The lowest BCUT2D eigenvalue weighted by Gasteiger charge is -2.09. The van der Waals surface area contributed by atoms with Gasteiger partial charge in [-0.25, -0.2) is 0 Å². The van der Waals surface area contributed by atoms with Crippen molar-refractivity contribution in [3.63, 3.8) is 0 Å². The highest BCUT2D eigenvalue weighted by Crippen LogP contribution is 2.29. The Kier molecular flexibility index (Phi) is 5.18. The van der Waals surface area contributed by atoms with E-state index in [0.29, 0.717) is 21.8 Å². The Bertz CT molecular complexity index is 736. The van der Waals surface area contributed by atoms with Gasteiger partial charge in [0, 0.05) is 12.4 Å². The predicted octanol–water partition coefficient (Wildman–Crippen LogP) is 2.98. The van der Waals surface area contributed by atoms with E-state index in [-0.39, 0.29) is 17.5 Å². The molecular weight excluding hydrogens is 311 g/mol. The number of aliphatic hydroxyl groups is 1. The van der Waals surface area contributed by atoms with Gasteiger partial charge in [0.2, 0.25) is 0 Å². The molecule has 0 aliphatic heterocycles. The number of benzene rings is 1. The Labute approximate surface area is 131 Å². The van der Waals surface area contributed by atoms with Gasteiger partial charge in [0.15, 0.2) is 0 Å². The smallest absolute Gasteiger partial charge is 0.257 e. The zero-order chi connectivity index (χ0) is 15.2. The second-order valence-electron chi connectivity index (χ2n) is 3.94. The van der Waals surface area contributed by atoms with Crippen molar-refractivity contribution in [2.24, 2.45) is 0 Å². The van der Waals surface area contributed by atoms with Gasteiger partial charge in [-0.1, -0.05) is 41.1 Å². The first-order chi connectivity index (χ1) is 10.1. The molecule has 0 saturated carbocycles. The third-order valence-corrected chi connectivity index (χ3v) is 3.39. The summed E-state index contributed by atoms with van der Waals surface area (Å²) in [4.78, 5) is 16.2. The van der Waals surface area contributed by atoms with Crippen LogP contribution in [0.1, 0.15) is 15.9 Å². The molecule has 0 fully saturated rings. The van der Waals surface area contributed by atoms with Crippen LogP contribution < -0.4 is 5.32 Å². The molecule has 1 amide bonds. The Morgan fingerprint density at radius 1 is 1.33 bits per heavy atom. The Hall–Kier alpha value is -2.06. The average molecular weight is 321 g/mol. The van der Waals surface area contributed by atoms with Gasteiger partial charge in [0.05, 0.1) is 26.9 Å². The highest BCUT2D eigenvalue weighted by molar-refractivity contribution is 6.44. The van der Waals surface area contributed by atoms with Crippen molar-refractivity contribution in [3.8, 4) is 11.8 Å². The van der Waals surface area contributed by atoms with E-state index in [9.17, 15) is 4.79 Å². The topological polar surface area (TPSA) is 62.2 Å². The molecule has 2 rings (SSSR count). The lowest BCUT2D eigenvalue weighted by atomic mass is 10.1. The number of pyridine rings is 1. The number of aliphatic hydroxyl groups excluding tert-OH is 1. The molecule has 2 aromatic rings. The number of hydrogen-bond acceptors (Lipinski definition) is 3. The molecule has 0 bridgehead atoms. The first-order valence-electron chi connectivity index (χ1n) is 5.92. The van der Waals surface area contributed by atoms with E-state index < -0.39 is 0 Å². The largest absolute Gasteiger partial charge is 0.384 e. The van der Waals surface area contributed by atoms with Crippen molar-refractivity contribution in [1.82, 2.24) is 4.98 Å². The molecule has 2 N–H and O–H groups in total. The molecule has 1 aromatic heterocycles. The molecule has 1 heterocycles. The number of amides is 1. The molecule has 4 nitrogen and oxygen atoms in total. The van der Waals surface area contributed by atoms with Crippen LogP contribution in [0.3, 0.4) is 0 Å². The summed E-state index contributed by atoms with van der Waals surface area (Å²) in [6.45, 7) is -0.296. The fraction of sp³-hybridized carbons (Fsp3) is 0.0667. The van der Waals surface area contributed by atoms with Crippen LogP contribution in [-0.2, 0) is 0 Å². The van der Waals surface area contributed by atoms with E-state index in [1.54, 1.807) is 18.2 Å². The van der Waals surface area contributed by atoms with Crippen molar-refractivity contribution < 1.29 is 9.90 Å². The van der Waals surface area contributed by atoms with E-state index in [2.05, 4.69) is 22.1 Å². The van der Waals surface area contributed by atoms with Crippen molar-refractivity contribution in [1.29, 1.82) is 0 Å². The maximum atomic E-state index is 12.3.